The molecule has 0 spiro atoms. The van der Waals surface area contributed by atoms with Crippen LogP contribution in [0.3, 0.4) is 0 Å². The lowest BCUT2D eigenvalue weighted by Gasteiger charge is -2.17. The predicted molar refractivity (Wildman–Crippen MR) is 91.7 cm³/mol. The highest BCUT2D eigenvalue weighted by atomic mass is 32.2. The lowest BCUT2D eigenvalue weighted by Crippen LogP contribution is -2.27. The number of benzene rings is 1. The molecule has 0 atom stereocenters. The highest BCUT2D eigenvalue weighted by Gasteiger charge is 2.14. The summed E-state index contributed by atoms with van der Waals surface area (Å²) in [5.74, 6) is 0.985. The third-order valence-electron chi connectivity index (χ3n) is 3.10. The maximum absolute atomic E-state index is 13.7. The van der Waals surface area contributed by atoms with Crippen molar-refractivity contribution in [2.45, 2.75) is 17.5 Å². The Morgan fingerprint density at radius 3 is 2.88 bits per heavy atom. The van der Waals surface area contributed by atoms with E-state index in [-0.39, 0.29) is 17.4 Å². The summed E-state index contributed by atoms with van der Waals surface area (Å²) in [7, 11) is 3.07. The van der Waals surface area contributed by atoms with Gasteiger partial charge in [-0.3, -0.25) is 4.79 Å². The molecule has 6 nitrogen and oxygen atoms in total. The minimum atomic E-state index is -0.447. The summed E-state index contributed by atoms with van der Waals surface area (Å²) in [4.78, 5) is 13.7. The van der Waals surface area contributed by atoms with Gasteiger partial charge < -0.3 is 14.1 Å². The smallest absolute Gasteiger partial charge is 0.277 e. The number of thioether (sulfide) groups is 2. The first-order valence-electron chi connectivity index (χ1n) is 7.04. The summed E-state index contributed by atoms with van der Waals surface area (Å²) in [5.41, 5.74) is 0.689. The van der Waals surface area contributed by atoms with Crippen molar-refractivity contribution in [1.29, 1.82) is 0 Å². The minimum absolute atomic E-state index is 0.110. The van der Waals surface area contributed by atoms with Crippen LogP contribution in [0.5, 0.6) is 5.75 Å². The number of hydrogen-bond donors (Lipinski definition) is 0. The van der Waals surface area contributed by atoms with Gasteiger partial charge in [0.05, 0.1) is 18.6 Å². The normalized spacial score (nSPS) is 10.7. The van der Waals surface area contributed by atoms with Gasteiger partial charge in [-0.15, -0.1) is 10.2 Å². The van der Waals surface area contributed by atoms with Gasteiger partial charge in [-0.05, 0) is 24.0 Å². The highest BCUT2D eigenvalue weighted by Crippen LogP contribution is 2.20. The molecule has 0 saturated carbocycles. The van der Waals surface area contributed by atoms with E-state index in [0.29, 0.717) is 29.0 Å². The molecule has 9 heteroatoms. The van der Waals surface area contributed by atoms with Crippen LogP contribution in [0.1, 0.15) is 11.5 Å². The van der Waals surface area contributed by atoms with E-state index in [0.717, 1.165) is 0 Å². The van der Waals surface area contributed by atoms with Gasteiger partial charge in [-0.1, -0.05) is 17.8 Å². The average molecular weight is 371 g/mol. The van der Waals surface area contributed by atoms with Gasteiger partial charge in [-0.25, -0.2) is 4.39 Å². The largest absolute Gasteiger partial charge is 0.494 e. The number of ether oxygens (including phenoxy) is 1. The quantitative estimate of drug-likeness (QED) is 0.661. The van der Waals surface area contributed by atoms with Crippen LogP contribution in [0.25, 0.3) is 0 Å². The molecule has 2 aromatic rings. The minimum Gasteiger partial charge on any atom is -0.494 e. The molecule has 0 fully saturated rings. The van der Waals surface area contributed by atoms with E-state index in [1.807, 2.05) is 6.26 Å². The Bertz CT molecular complexity index is 696. The number of methoxy groups -OCH3 is 1. The standard InChI is InChI=1S/C15H18FN3O3S2/c1-19(7-10-4-5-12(21-2)11(16)6-10)14(20)9-24-15-18-17-13(22-15)8-23-3/h4-6H,7-9H2,1-3H3. The Balaban J connectivity index is 1.86. The molecule has 0 saturated heterocycles. The molecular weight excluding hydrogens is 353 g/mol. The number of carbonyl (C=O) groups is 1. The van der Waals surface area contributed by atoms with Crippen molar-refractivity contribution in [1.82, 2.24) is 15.1 Å². The molecule has 0 aliphatic heterocycles. The number of hydrogen-bond acceptors (Lipinski definition) is 7. The fourth-order valence-electron chi connectivity index (χ4n) is 1.88. The number of halogens is 1. The van der Waals surface area contributed by atoms with Gasteiger partial charge in [-0.2, -0.15) is 11.8 Å². The molecule has 0 N–H and O–H groups in total. The van der Waals surface area contributed by atoms with Crippen molar-refractivity contribution in [3.8, 4) is 5.75 Å². The van der Waals surface area contributed by atoms with Gasteiger partial charge >= 0.3 is 0 Å². The first-order valence-corrected chi connectivity index (χ1v) is 9.42. The summed E-state index contributed by atoms with van der Waals surface area (Å²) in [6.45, 7) is 0.307. The van der Waals surface area contributed by atoms with Crippen LogP contribution in [0.2, 0.25) is 0 Å². The Hall–Kier alpha value is -1.74. The molecule has 0 radical (unpaired) electrons. The second kappa shape index (κ2) is 8.93. The van der Waals surface area contributed by atoms with Gasteiger partial charge in [0.15, 0.2) is 11.6 Å². The zero-order valence-electron chi connectivity index (χ0n) is 13.6. The topological polar surface area (TPSA) is 68.5 Å². The van der Waals surface area contributed by atoms with Crippen molar-refractivity contribution >= 4 is 29.4 Å². The van der Waals surface area contributed by atoms with E-state index in [4.69, 9.17) is 9.15 Å². The summed E-state index contributed by atoms with van der Waals surface area (Å²) >= 11 is 2.77. The molecule has 1 aromatic heterocycles. The van der Waals surface area contributed by atoms with Crippen molar-refractivity contribution in [2.75, 3.05) is 26.2 Å². The van der Waals surface area contributed by atoms with Crippen molar-refractivity contribution in [3.05, 3.63) is 35.5 Å². The lowest BCUT2D eigenvalue weighted by molar-refractivity contribution is -0.127. The molecule has 1 aromatic carbocycles. The first kappa shape index (κ1) is 18.6. The third kappa shape index (κ3) is 5.13. The molecular formula is C15H18FN3O3S2. The molecule has 2 rings (SSSR count). The van der Waals surface area contributed by atoms with Crippen LogP contribution in [0, 0.1) is 5.82 Å². The van der Waals surface area contributed by atoms with E-state index < -0.39 is 5.82 Å². The number of aromatic nitrogens is 2. The summed E-state index contributed by atoms with van der Waals surface area (Å²) < 4.78 is 23.9. The fraction of sp³-hybridized carbons (Fsp3) is 0.400. The van der Waals surface area contributed by atoms with E-state index in [1.54, 1.807) is 30.9 Å². The Kier molecular flexibility index (Phi) is 6.92. The van der Waals surface area contributed by atoms with Crippen molar-refractivity contribution in [2.24, 2.45) is 0 Å². The Morgan fingerprint density at radius 2 is 2.21 bits per heavy atom. The van der Waals surface area contributed by atoms with Crippen LogP contribution >= 0.6 is 23.5 Å². The maximum atomic E-state index is 13.7. The molecule has 0 bridgehead atoms. The molecule has 130 valence electrons. The molecule has 1 heterocycles. The van der Waals surface area contributed by atoms with Gasteiger partial charge in [0.2, 0.25) is 11.8 Å². The van der Waals surface area contributed by atoms with E-state index in [1.165, 1.54) is 29.8 Å². The van der Waals surface area contributed by atoms with Crippen LogP contribution in [0.15, 0.2) is 27.8 Å². The Labute approximate surface area is 148 Å². The molecule has 1 amide bonds. The van der Waals surface area contributed by atoms with Gasteiger partial charge in [0.25, 0.3) is 5.22 Å². The summed E-state index contributed by atoms with van der Waals surface area (Å²) in [5, 5.41) is 8.14. The zero-order chi connectivity index (χ0) is 17.5. The van der Waals surface area contributed by atoms with Crippen LogP contribution in [0.4, 0.5) is 4.39 Å². The molecule has 0 aliphatic carbocycles. The highest BCUT2D eigenvalue weighted by molar-refractivity contribution is 7.99. The van der Waals surface area contributed by atoms with E-state index in [2.05, 4.69) is 10.2 Å². The second-order valence-electron chi connectivity index (χ2n) is 4.90. The first-order chi connectivity index (χ1) is 11.5. The fourth-order valence-corrected chi connectivity index (χ4v) is 2.97. The van der Waals surface area contributed by atoms with Crippen LogP contribution in [-0.2, 0) is 17.1 Å². The van der Waals surface area contributed by atoms with Crippen molar-refractivity contribution in [3.63, 3.8) is 0 Å². The maximum Gasteiger partial charge on any atom is 0.277 e. The monoisotopic (exact) mass is 371 g/mol. The van der Waals surface area contributed by atoms with Gasteiger partial charge in [0.1, 0.15) is 0 Å². The lowest BCUT2D eigenvalue weighted by atomic mass is 10.2. The molecule has 24 heavy (non-hydrogen) atoms. The van der Waals surface area contributed by atoms with E-state index >= 15 is 0 Å². The SMILES string of the molecule is COc1ccc(CN(C)C(=O)CSc2nnc(CSC)o2)cc1F. The Morgan fingerprint density at radius 1 is 1.42 bits per heavy atom. The summed E-state index contributed by atoms with van der Waals surface area (Å²) in [6, 6.07) is 4.64. The number of rotatable bonds is 8. The zero-order valence-corrected chi connectivity index (χ0v) is 15.2. The molecule has 0 aliphatic rings. The molecule has 0 unspecified atom stereocenters. The summed E-state index contributed by atoms with van der Waals surface area (Å²) in [6.07, 6.45) is 1.94. The second-order valence-corrected chi connectivity index (χ2v) is 6.69. The third-order valence-corrected chi connectivity index (χ3v) is 4.44. The predicted octanol–water partition coefficient (Wildman–Crippen LogP) is 2.83. The number of amides is 1. The van der Waals surface area contributed by atoms with Crippen molar-refractivity contribution < 1.29 is 18.3 Å². The van der Waals surface area contributed by atoms with Crippen LogP contribution in [-0.4, -0.2) is 47.2 Å². The van der Waals surface area contributed by atoms with Crippen LogP contribution < -0.4 is 4.74 Å². The van der Waals surface area contributed by atoms with E-state index in [9.17, 15) is 9.18 Å². The average Bonchev–Trinajstić information content (AvgIpc) is 3.00. The number of carbonyl (C=O) groups excluding carboxylic acids is 1. The van der Waals surface area contributed by atoms with Gasteiger partial charge in [0, 0.05) is 13.6 Å². The number of nitrogens with zero attached hydrogens (tertiary/aromatic N) is 3.